The lowest BCUT2D eigenvalue weighted by atomic mass is 9.83. The van der Waals surface area contributed by atoms with Crippen molar-refractivity contribution in [2.75, 3.05) is 20.7 Å². The van der Waals surface area contributed by atoms with E-state index in [0.29, 0.717) is 0 Å². The summed E-state index contributed by atoms with van der Waals surface area (Å²) in [7, 11) is 3.37. The third-order valence-electron chi connectivity index (χ3n) is 6.72. The highest BCUT2D eigenvalue weighted by Gasteiger charge is 2.31. The maximum atomic E-state index is 14.3. The third kappa shape index (κ3) is 4.77. The minimum absolute atomic E-state index is 0.0140. The van der Waals surface area contributed by atoms with Gasteiger partial charge in [-0.1, -0.05) is 66.7 Å². The van der Waals surface area contributed by atoms with Gasteiger partial charge in [-0.3, -0.25) is 4.90 Å². The summed E-state index contributed by atoms with van der Waals surface area (Å²) in [5, 5.41) is 2.50. The van der Waals surface area contributed by atoms with E-state index in [1.54, 1.807) is 12.1 Å². The van der Waals surface area contributed by atoms with Gasteiger partial charge in [-0.05, 0) is 53.6 Å². The number of fused-ring (bicyclic) bond motifs is 2. The first-order chi connectivity index (χ1) is 17.0. The van der Waals surface area contributed by atoms with Crippen LogP contribution in [0.4, 0.5) is 4.39 Å². The molecule has 0 bridgehead atoms. The Bertz CT molecular complexity index is 1360. The Kier molecular flexibility index (Phi) is 6.51. The normalized spacial score (nSPS) is 17.1. The van der Waals surface area contributed by atoms with Crippen LogP contribution in [0.25, 0.3) is 10.8 Å². The summed E-state index contributed by atoms with van der Waals surface area (Å²) >= 11 is 0. The van der Waals surface area contributed by atoms with Crippen molar-refractivity contribution in [3.05, 3.63) is 113 Å². The first-order valence-electron chi connectivity index (χ1n) is 11.8. The van der Waals surface area contributed by atoms with Gasteiger partial charge in [-0.2, -0.15) is 0 Å². The van der Waals surface area contributed by atoms with Gasteiger partial charge >= 0.3 is 5.97 Å². The topological polar surface area (TPSA) is 38.8 Å². The minimum Gasteiger partial charge on any atom is -0.489 e. The molecule has 0 aliphatic carbocycles. The summed E-state index contributed by atoms with van der Waals surface area (Å²) in [6.45, 7) is 1.54. The van der Waals surface area contributed by atoms with Crippen LogP contribution in [0.2, 0.25) is 0 Å². The molecule has 0 spiro atoms. The van der Waals surface area contributed by atoms with E-state index >= 15 is 0 Å². The third-order valence-corrected chi connectivity index (χ3v) is 6.72. The second kappa shape index (κ2) is 9.88. The molecule has 1 unspecified atom stereocenters. The standard InChI is InChI=1S/C30H28FNO3/c1-32(18-22-10-7-9-20-8-3-4-11-24(20)22)19-23-17-26(25-12-5-6-13-29(25)35-23)21-14-15-28(31)27(16-21)30(33)34-2/h3-16,23,26H,17-19H2,1-2H3/t23-,26?/m0/s1. The van der Waals surface area contributed by atoms with Crippen LogP contribution in [0, 0.1) is 5.82 Å². The number of nitrogens with zero attached hydrogens (tertiary/aromatic N) is 1. The van der Waals surface area contributed by atoms with Crippen LogP contribution < -0.4 is 4.74 Å². The maximum Gasteiger partial charge on any atom is 0.340 e. The fourth-order valence-electron chi connectivity index (χ4n) is 5.08. The van der Waals surface area contributed by atoms with Gasteiger partial charge < -0.3 is 9.47 Å². The van der Waals surface area contributed by atoms with E-state index in [2.05, 4.69) is 54.4 Å². The van der Waals surface area contributed by atoms with Gasteiger partial charge in [0.25, 0.3) is 0 Å². The number of carbonyl (C=O) groups is 1. The lowest BCUT2D eigenvalue weighted by Gasteiger charge is -2.34. The second-order valence-corrected chi connectivity index (χ2v) is 9.13. The Labute approximate surface area is 204 Å². The molecule has 0 saturated heterocycles. The van der Waals surface area contributed by atoms with Crippen LogP contribution in [0.3, 0.4) is 0 Å². The highest BCUT2D eigenvalue weighted by molar-refractivity contribution is 5.90. The first kappa shape index (κ1) is 23.1. The van der Waals surface area contributed by atoms with E-state index in [9.17, 15) is 9.18 Å². The van der Waals surface area contributed by atoms with Gasteiger partial charge in [0.1, 0.15) is 17.7 Å². The Hall–Kier alpha value is -3.70. The summed E-state index contributed by atoms with van der Waals surface area (Å²) < 4.78 is 25.5. The molecule has 1 heterocycles. The molecular weight excluding hydrogens is 441 g/mol. The van der Waals surface area contributed by atoms with Crippen molar-refractivity contribution < 1.29 is 18.7 Å². The fraction of sp³-hybridized carbons (Fsp3) is 0.233. The molecular formula is C30H28FNO3. The minimum atomic E-state index is -0.670. The highest BCUT2D eigenvalue weighted by atomic mass is 19.1. The zero-order chi connectivity index (χ0) is 24.4. The first-order valence-corrected chi connectivity index (χ1v) is 11.8. The van der Waals surface area contributed by atoms with Crippen molar-refractivity contribution in [1.29, 1.82) is 0 Å². The van der Waals surface area contributed by atoms with Crippen LogP contribution in [-0.4, -0.2) is 37.7 Å². The van der Waals surface area contributed by atoms with E-state index < -0.39 is 11.8 Å². The molecule has 0 N–H and O–H groups in total. The van der Waals surface area contributed by atoms with Crippen LogP contribution in [0.5, 0.6) is 5.75 Å². The number of para-hydroxylation sites is 1. The van der Waals surface area contributed by atoms with Gasteiger partial charge in [-0.15, -0.1) is 0 Å². The number of hydrogen-bond acceptors (Lipinski definition) is 4. The molecule has 0 saturated carbocycles. The smallest absolute Gasteiger partial charge is 0.340 e. The molecule has 5 heteroatoms. The van der Waals surface area contributed by atoms with E-state index in [4.69, 9.17) is 9.47 Å². The Morgan fingerprint density at radius 2 is 1.80 bits per heavy atom. The van der Waals surface area contributed by atoms with E-state index in [1.807, 2.05) is 24.3 Å². The summed E-state index contributed by atoms with van der Waals surface area (Å²) in [5.74, 6) is -0.431. The molecule has 0 aromatic heterocycles. The van der Waals surface area contributed by atoms with Crippen molar-refractivity contribution in [1.82, 2.24) is 4.90 Å². The number of carbonyl (C=O) groups excluding carboxylic acids is 1. The van der Waals surface area contributed by atoms with Crippen molar-refractivity contribution in [3.63, 3.8) is 0 Å². The summed E-state index contributed by atoms with van der Waals surface area (Å²) in [6, 6.07) is 27.5. The number of rotatable bonds is 6. The fourth-order valence-corrected chi connectivity index (χ4v) is 5.08. The second-order valence-electron chi connectivity index (χ2n) is 9.13. The number of halogens is 1. The average Bonchev–Trinajstić information content (AvgIpc) is 2.88. The zero-order valence-electron chi connectivity index (χ0n) is 19.9. The molecule has 4 aromatic carbocycles. The molecule has 4 aromatic rings. The molecule has 4 nitrogen and oxygen atoms in total. The molecule has 1 aliphatic heterocycles. The predicted molar refractivity (Wildman–Crippen MR) is 135 cm³/mol. The zero-order valence-corrected chi connectivity index (χ0v) is 19.9. The molecule has 178 valence electrons. The number of ether oxygens (including phenoxy) is 2. The van der Waals surface area contributed by atoms with Crippen molar-refractivity contribution in [2.24, 2.45) is 0 Å². The monoisotopic (exact) mass is 469 g/mol. The van der Waals surface area contributed by atoms with Crippen LogP contribution in [0.15, 0.2) is 84.9 Å². The molecule has 1 aliphatic rings. The number of methoxy groups -OCH3 is 1. The molecule has 35 heavy (non-hydrogen) atoms. The van der Waals surface area contributed by atoms with E-state index in [-0.39, 0.29) is 17.6 Å². The van der Waals surface area contributed by atoms with Gasteiger partial charge in [0.15, 0.2) is 0 Å². The lowest BCUT2D eigenvalue weighted by Crippen LogP contribution is -2.36. The van der Waals surface area contributed by atoms with Crippen molar-refractivity contribution in [2.45, 2.75) is 25.0 Å². The molecule has 0 fully saturated rings. The van der Waals surface area contributed by atoms with Crippen molar-refractivity contribution >= 4 is 16.7 Å². The Morgan fingerprint density at radius 3 is 2.66 bits per heavy atom. The summed E-state index contributed by atoms with van der Waals surface area (Å²) in [6.07, 6.45) is 0.671. The molecule has 5 rings (SSSR count). The molecule has 0 amide bonds. The predicted octanol–water partition coefficient (Wildman–Crippen LogP) is 6.18. The van der Waals surface area contributed by atoms with Crippen LogP contribution >= 0.6 is 0 Å². The molecule has 0 radical (unpaired) electrons. The van der Waals surface area contributed by atoms with Gasteiger partial charge in [0.2, 0.25) is 0 Å². The van der Waals surface area contributed by atoms with Gasteiger partial charge in [0, 0.05) is 24.6 Å². The number of likely N-dealkylation sites (N-methyl/N-ethyl adjacent to an activating group) is 1. The van der Waals surface area contributed by atoms with Crippen LogP contribution in [-0.2, 0) is 11.3 Å². The summed E-state index contributed by atoms with van der Waals surface area (Å²) in [4.78, 5) is 14.4. The van der Waals surface area contributed by atoms with Crippen LogP contribution in [0.1, 0.15) is 39.4 Å². The number of benzene rings is 4. The molecule has 2 atom stereocenters. The average molecular weight is 470 g/mol. The highest BCUT2D eigenvalue weighted by Crippen LogP contribution is 2.41. The van der Waals surface area contributed by atoms with Gasteiger partial charge in [0.05, 0.1) is 12.7 Å². The largest absolute Gasteiger partial charge is 0.489 e. The number of hydrogen-bond donors (Lipinski definition) is 0. The Morgan fingerprint density at radius 1 is 1.03 bits per heavy atom. The quantitative estimate of drug-likeness (QED) is 0.316. The lowest BCUT2D eigenvalue weighted by molar-refractivity contribution is 0.0595. The Balaban J connectivity index is 1.39. The van der Waals surface area contributed by atoms with Crippen molar-refractivity contribution in [3.8, 4) is 5.75 Å². The summed E-state index contributed by atoms with van der Waals surface area (Å²) in [5.41, 5.74) is 3.16. The van der Waals surface area contributed by atoms with E-state index in [0.717, 1.165) is 36.4 Å². The van der Waals surface area contributed by atoms with Gasteiger partial charge in [-0.25, -0.2) is 9.18 Å². The maximum absolute atomic E-state index is 14.3. The number of esters is 1. The van der Waals surface area contributed by atoms with E-state index in [1.165, 1.54) is 29.5 Å². The SMILES string of the molecule is COC(=O)c1cc(C2C[C@@H](CN(C)Cc3cccc4ccccc34)Oc3ccccc32)ccc1F.